The average molecular weight is 498 g/mol. The second kappa shape index (κ2) is 11.2. The zero-order valence-corrected chi connectivity index (χ0v) is 19.0. The lowest BCUT2D eigenvalue weighted by atomic mass is 10.3. The number of halogens is 1. The number of thiophene rings is 1. The van der Waals surface area contributed by atoms with Crippen molar-refractivity contribution in [2.75, 3.05) is 26.7 Å². The Bertz CT molecular complexity index is 830. The smallest absolute Gasteiger partial charge is 0.193 e. The van der Waals surface area contributed by atoms with E-state index in [1.807, 2.05) is 40.1 Å². The fourth-order valence-electron chi connectivity index (χ4n) is 2.79. The van der Waals surface area contributed by atoms with Gasteiger partial charge in [0.1, 0.15) is 5.82 Å². The molecule has 3 aromatic heterocycles. The maximum absolute atomic E-state index is 4.77. The Balaban J connectivity index is 0.00000261. The standard InChI is InChI=1S/C19H26N6S.HI/c1-3-20-19(24(2)14-11-16-8-7-15-26-16)21-12-6-10-18-23-22-17-9-4-5-13-25(17)18;/h4-5,7-9,13,15H,3,6,10-12,14H2,1-2H3,(H,20,21);1H. The number of rotatable bonds is 8. The van der Waals surface area contributed by atoms with Crippen LogP contribution in [0.4, 0.5) is 0 Å². The maximum Gasteiger partial charge on any atom is 0.193 e. The topological polar surface area (TPSA) is 57.8 Å². The van der Waals surface area contributed by atoms with E-state index in [-0.39, 0.29) is 24.0 Å². The molecule has 6 nitrogen and oxygen atoms in total. The number of nitrogens with zero attached hydrogens (tertiary/aromatic N) is 5. The van der Waals surface area contributed by atoms with Gasteiger partial charge in [-0.1, -0.05) is 12.1 Å². The monoisotopic (exact) mass is 498 g/mol. The van der Waals surface area contributed by atoms with Crippen molar-refractivity contribution in [2.45, 2.75) is 26.2 Å². The lowest BCUT2D eigenvalue weighted by Crippen LogP contribution is -2.40. The molecule has 146 valence electrons. The number of likely N-dealkylation sites (N-methyl/N-ethyl adjacent to an activating group) is 1. The molecule has 0 bridgehead atoms. The summed E-state index contributed by atoms with van der Waals surface area (Å²) in [4.78, 5) is 8.38. The highest BCUT2D eigenvalue weighted by Gasteiger charge is 2.07. The maximum atomic E-state index is 4.77. The van der Waals surface area contributed by atoms with Crippen LogP contribution in [0.5, 0.6) is 0 Å². The van der Waals surface area contributed by atoms with E-state index < -0.39 is 0 Å². The highest BCUT2D eigenvalue weighted by molar-refractivity contribution is 14.0. The number of aromatic nitrogens is 3. The summed E-state index contributed by atoms with van der Waals surface area (Å²) in [6.45, 7) is 4.70. The first kappa shape index (κ1) is 21.6. The van der Waals surface area contributed by atoms with E-state index >= 15 is 0 Å². The molecule has 8 heteroatoms. The Morgan fingerprint density at radius 2 is 2.11 bits per heavy atom. The number of aryl methyl sites for hydroxylation is 1. The third-order valence-corrected chi connectivity index (χ3v) is 5.11. The highest BCUT2D eigenvalue weighted by atomic mass is 127. The molecule has 0 aliphatic heterocycles. The van der Waals surface area contributed by atoms with Gasteiger partial charge in [-0.15, -0.1) is 45.5 Å². The predicted octanol–water partition coefficient (Wildman–Crippen LogP) is 3.48. The molecule has 1 N–H and O–H groups in total. The van der Waals surface area contributed by atoms with Crippen LogP contribution in [0, 0.1) is 0 Å². The van der Waals surface area contributed by atoms with Crippen molar-refractivity contribution in [1.29, 1.82) is 0 Å². The van der Waals surface area contributed by atoms with Crippen molar-refractivity contribution in [3.8, 4) is 0 Å². The third kappa shape index (κ3) is 6.17. The molecular weight excluding hydrogens is 471 g/mol. The summed E-state index contributed by atoms with van der Waals surface area (Å²) in [5.41, 5.74) is 0.896. The van der Waals surface area contributed by atoms with Crippen molar-refractivity contribution in [2.24, 2.45) is 4.99 Å². The minimum absolute atomic E-state index is 0. The zero-order valence-electron chi connectivity index (χ0n) is 15.8. The molecule has 0 unspecified atom stereocenters. The van der Waals surface area contributed by atoms with E-state index in [0.717, 1.165) is 56.3 Å². The summed E-state index contributed by atoms with van der Waals surface area (Å²) < 4.78 is 2.04. The number of hydrogen-bond acceptors (Lipinski definition) is 4. The van der Waals surface area contributed by atoms with E-state index in [4.69, 9.17) is 4.99 Å². The van der Waals surface area contributed by atoms with Crippen LogP contribution < -0.4 is 5.32 Å². The molecule has 0 saturated carbocycles. The van der Waals surface area contributed by atoms with E-state index in [0.29, 0.717) is 0 Å². The summed E-state index contributed by atoms with van der Waals surface area (Å²) in [6, 6.07) is 10.2. The number of fused-ring (bicyclic) bond motifs is 1. The molecule has 0 aliphatic carbocycles. The summed E-state index contributed by atoms with van der Waals surface area (Å²) in [7, 11) is 2.10. The zero-order chi connectivity index (χ0) is 18.2. The molecule has 27 heavy (non-hydrogen) atoms. The molecule has 0 amide bonds. The second-order valence-corrected chi connectivity index (χ2v) is 7.17. The van der Waals surface area contributed by atoms with Crippen LogP contribution in [0.2, 0.25) is 0 Å². The quantitative estimate of drug-likeness (QED) is 0.224. The minimum atomic E-state index is 0. The van der Waals surface area contributed by atoms with Crippen LogP contribution in [0.1, 0.15) is 24.0 Å². The minimum Gasteiger partial charge on any atom is -0.357 e. The number of guanidine groups is 1. The van der Waals surface area contributed by atoms with Crippen LogP contribution >= 0.6 is 35.3 Å². The molecular formula is C19H27IN6S. The lowest BCUT2D eigenvalue weighted by Gasteiger charge is -2.21. The van der Waals surface area contributed by atoms with Crippen molar-refractivity contribution in [1.82, 2.24) is 24.8 Å². The highest BCUT2D eigenvalue weighted by Crippen LogP contribution is 2.09. The van der Waals surface area contributed by atoms with Gasteiger partial charge < -0.3 is 10.2 Å². The predicted molar refractivity (Wildman–Crippen MR) is 123 cm³/mol. The summed E-state index contributed by atoms with van der Waals surface area (Å²) in [5, 5.41) is 14.0. The number of pyridine rings is 1. The molecule has 3 heterocycles. The van der Waals surface area contributed by atoms with E-state index in [9.17, 15) is 0 Å². The molecule has 3 rings (SSSR count). The molecule has 0 atom stereocenters. The van der Waals surface area contributed by atoms with Gasteiger partial charge in [-0.25, -0.2) is 0 Å². The SMILES string of the molecule is CCNC(=NCCCc1nnc2ccccn12)N(C)CCc1cccs1.I. The fourth-order valence-corrected chi connectivity index (χ4v) is 3.49. The Labute approximate surface area is 181 Å². The van der Waals surface area contributed by atoms with Gasteiger partial charge in [0.05, 0.1) is 0 Å². The summed E-state index contributed by atoms with van der Waals surface area (Å²) in [6.07, 6.45) is 4.87. The molecule has 0 fully saturated rings. The van der Waals surface area contributed by atoms with E-state index in [1.54, 1.807) is 0 Å². The first-order chi connectivity index (χ1) is 12.8. The van der Waals surface area contributed by atoms with Crippen LogP contribution in [0.15, 0.2) is 46.9 Å². The van der Waals surface area contributed by atoms with E-state index in [2.05, 4.69) is 51.9 Å². The molecule has 3 aromatic rings. The molecule has 0 radical (unpaired) electrons. The number of aliphatic imine (C=N–C) groups is 1. The fraction of sp³-hybridized carbons (Fsp3) is 0.421. The Kier molecular flexibility index (Phi) is 8.99. The van der Waals surface area contributed by atoms with Gasteiger partial charge in [-0.3, -0.25) is 9.39 Å². The molecule has 0 spiro atoms. The van der Waals surface area contributed by atoms with Gasteiger partial charge in [0.25, 0.3) is 0 Å². The lowest BCUT2D eigenvalue weighted by molar-refractivity contribution is 0.486. The van der Waals surface area contributed by atoms with Gasteiger partial charge in [0.2, 0.25) is 0 Å². The summed E-state index contributed by atoms with van der Waals surface area (Å²) >= 11 is 1.81. The van der Waals surface area contributed by atoms with Crippen molar-refractivity contribution in [3.05, 3.63) is 52.6 Å². The Hall–Kier alpha value is -1.68. The van der Waals surface area contributed by atoms with Crippen LogP contribution in [0.3, 0.4) is 0 Å². The molecule has 0 aliphatic rings. The van der Waals surface area contributed by atoms with Crippen LogP contribution in [0.25, 0.3) is 5.65 Å². The first-order valence-electron chi connectivity index (χ1n) is 9.08. The largest absolute Gasteiger partial charge is 0.357 e. The van der Waals surface area contributed by atoms with Crippen molar-refractivity contribution >= 4 is 46.9 Å². The van der Waals surface area contributed by atoms with Gasteiger partial charge in [0.15, 0.2) is 11.6 Å². The average Bonchev–Trinajstić information content (AvgIpc) is 3.32. The third-order valence-electron chi connectivity index (χ3n) is 4.17. The van der Waals surface area contributed by atoms with Gasteiger partial charge >= 0.3 is 0 Å². The van der Waals surface area contributed by atoms with Gasteiger partial charge in [-0.2, -0.15) is 0 Å². The van der Waals surface area contributed by atoms with Gasteiger partial charge in [0, 0.05) is 44.2 Å². The molecule has 0 aromatic carbocycles. The normalized spacial score (nSPS) is 11.4. The first-order valence-corrected chi connectivity index (χ1v) is 9.96. The Morgan fingerprint density at radius 3 is 2.89 bits per heavy atom. The van der Waals surface area contributed by atoms with Crippen molar-refractivity contribution < 1.29 is 0 Å². The van der Waals surface area contributed by atoms with Crippen molar-refractivity contribution in [3.63, 3.8) is 0 Å². The molecule has 0 saturated heterocycles. The number of hydrogen-bond donors (Lipinski definition) is 1. The second-order valence-electron chi connectivity index (χ2n) is 6.14. The number of nitrogens with one attached hydrogen (secondary N) is 1. The van der Waals surface area contributed by atoms with Gasteiger partial charge in [-0.05, 0) is 43.3 Å². The van der Waals surface area contributed by atoms with Crippen LogP contribution in [-0.2, 0) is 12.8 Å². The van der Waals surface area contributed by atoms with E-state index in [1.165, 1.54) is 4.88 Å². The Morgan fingerprint density at radius 1 is 1.22 bits per heavy atom. The summed E-state index contributed by atoms with van der Waals surface area (Å²) in [5.74, 6) is 1.96. The van der Waals surface area contributed by atoms with Crippen LogP contribution in [-0.4, -0.2) is 52.1 Å².